The molecule has 5 heteroatoms. The summed E-state index contributed by atoms with van der Waals surface area (Å²) in [4.78, 5) is 14.3. The molecule has 0 aliphatic heterocycles. The van der Waals surface area contributed by atoms with E-state index in [1.807, 2.05) is 0 Å². The van der Waals surface area contributed by atoms with Crippen molar-refractivity contribution in [2.24, 2.45) is 11.8 Å². The smallest absolute Gasteiger partial charge is 0.335 e. The predicted octanol–water partition coefficient (Wildman–Crippen LogP) is 0.408. The fourth-order valence-corrected chi connectivity index (χ4v) is 0.500. The fourth-order valence-electron chi connectivity index (χ4n) is 0.500. The normalized spacial score (nSPS) is 12.4. The molecular weight excluding hydrogens is 158 g/mol. The number of carboxylic acid groups (broad SMARTS) is 1. The molecule has 0 saturated carbocycles. The van der Waals surface area contributed by atoms with Gasteiger partial charge in [-0.15, -0.1) is 12.4 Å². The van der Waals surface area contributed by atoms with E-state index < -0.39 is 12.1 Å². The second-order valence-electron chi connectivity index (χ2n) is 2.14. The first-order valence-corrected chi connectivity index (χ1v) is 2.68. The van der Waals surface area contributed by atoms with Gasteiger partial charge in [-0.2, -0.15) is 0 Å². The van der Waals surface area contributed by atoms with E-state index in [4.69, 9.17) is 11.0 Å². The molecule has 0 aromatic rings. The molecule has 4 nitrogen and oxygen atoms in total. The molecule has 0 heterocycles. The molecule has 0 bridgehead atoms. The van der Waals surface area contributed by atoms with E-state index in [0.29, 0.717) is 0 Å². The van der Waals surface area contributed by atoms with Crippen molar-refractivity contribution in [2.45, 2.75) is 20.0 Å². The fraction of sp³-hybridized carbons (Fsp3) is 0.800. The Morgan fingerprint density at radius 1 is 1.60 bits per heavy atom. The van der Waals surface area contributed by atoms with Crippen molar-refractivity contribution in [1.82, 2.24) is 0 Å². The molecule has 1 unspecified atom stereocenters. The lowest BCUT2D eigenvalue weighted by Crippen LogP contribution is -2.31. The first kappa shape index (κ1) is 12.4. The first-order valence-electron chi connectivity index (χ1n) is 2.68. The van der Waals surface area contributed by atoms with Gasteiger partial charge >= 0.3 is 5.97 Å². The summed E-state index contributed by atoms with van der Waals surface area (Å²) < 4.78 is 0. The minimum atomic E-state index is -1.02. The maximum atomic E-state index is 10.2. The summed E-state index contributed by atoms with van der Waals surface area (Å²) in [6, 6.07) is 0. The molecule has 0 aromatic carbocycles. The molecule has 0 fully saturated rings. The molecule has 0 aromatic heterocycles. The Hall–Kier alpha value is -0.320. The van der Waals surface area contributed by atoms with Crippen LogP contribution < -0.4 is 5.90 Å². The Balaban J connectivity index is 0. The van der Waals surface area contributed by atoms with Gasteiger partial charge in [0.2, 0.25) is 0 Å². The van der Waals surface area contributed by atoms with E-state index in [0.717, 1.165) is 0 Å². The quantitative estimate of drug-likeness (QED) is 0.601. The van der Waals surface area contributed by atoms with Gasteiger partial charge in [0.1, 0.15) is 0 Å². The van der Waals surface area contributed by atoms with Crippen LogP contribution in [0, 0.1) is 5.92 Å². The molecule has 0 aliphatic rings. The SMILES string of the molecule is CC(C)C(ON)C(=O)O.Cl. The van der Waals surface area contributed by atoms with Gasteiger partial charge in [0, 0.05) is 0 Å². The van der Waals surface area contributed by atoms with Crippen LogP contribution in [0.5, 0.6) is 0 Å². The highest BCUT2D eigenvalue weighted by atomic mass is 35.5. The topological polar surface area (TPSA) is 72.5 Å². The number of halogens is 1. The highest BCUT2D eigenvalue weighted by Crippen LogP contribution is 2.02. The van der Waals surface area contributed by atoms with Gasteiger partial charge in [0.05, 0.1) is 0 Å². The van der Waals surface area contributed by atoms with E-state index in [-0.39, 0.29) is 18.3 Å². The van der Waals surface area contributed by atoms with Crippen molar-refractivity contribution >= 4 is 18.4 Å². The average molecular weight is 170 g/mol. The Labute approximate surface area is 65.7 Å². The number of hydrogen-bond acceptors (Lipinski definition) is 3. The Morgan fingerprint density at radius 3 is 2.00 bits per heavy atom. The minimum absolute atomic E-state index is 0. The van der Waals surface area contributed by atoms with Gasteiger partial charge in [0.15, 0.2) is 6.10 Å². The largest absolute Gasteiger partial charge is 0.479 e. The molecule has 0 rings (SSSR count). The molecule has 62 valence electrons. The summed E-state index contributed by atoms with van der Waals surface area (Å²) in [6.07, 6.45) is -0.884. The van der Waals surface area contributed by atoms with Crippen molar-refractivity contribution in [3.8, 4) is 0 Å². The van der Waals surface area contributed by atoms with Crippen molar-refractivity contribution in [2.75, 3.05) is 0 Å². The van der Waals surface area contributed by atoms with E-state index >= 15 is 0 Å². The van der Waals surface area contributed by atoms with Crippen LogP contribution >= 0.6 is 12.4 Å². The maximum absolute atomic E-state index is 10.2. The van der Waals surface area contributed by atoms with E-state index in [9.17, 15) is 4.79 Å². The van der Waals surface area contributed by atoms with Crippen LogP contribution in [0.15, 0.2) is 0 Å². The van der Waals surface area contributed by atoms with Gasteiger partial charge in [0.25, 0.3) is 0 Å². The van der Waals surface area contributed by atoms with Crippen LogP contribution in [0.1, 0.15) is 13.8 Å². The molecular formula is C5H12ClNO3. The van der Waals surface area contributed by atoms with Gasteiger partial charge in [-0.1, -0.05) is 13.8 Å². The summed E-state index contributed by atoms with van der Waals surface area (Å²) in [6.45, 7) is 3.46. The van der Waals surface area contributed by atoms with Gasteiger partial charge in [-0.05, 0) is 5.92 Å². The van der Waals surface area contributed by atoms with Crippen LogP contribution in [0.4, 0.5) is 0 Å². The summed E-state index contributed by atoms with van der Waals surface area (Å²) in [5.41, 5.74) is 0. The molecule has 0 spiro atoms. The molecule has 3 N–H and O–H groups in total. The zero-order valence-corrected chi connectivity index (χ0v) is 6.72. The third kappa shape index (κ3) is 3.66. The molecule has 0 saturated heterocycles. The second-order valence-corrected chi connectivity index (χ2v) is 2.14. The zero-order valence-electron chi connectivity index (χ0n) is 5.90. The van der Waals surface area contributed by atoms with E-state index in [2.05, 4.69) is 4.84 Å². The first-order chi connectivity index (χ1) is 4.09. The number of carboxylic acids is 1. The van der Waals surface area contributed by atoms with Gasteiger partial charge in [-0.25, -0.2) is 10.7 Å². The lowest BCUT2D eigenvalue weighted by Gasteiger charge is -2.11. The number of rotatable bonds is 3. The summed E-state index contributed by atoms with van der Waals surface area (Å²) in [7, 11) is 0. The van der Waals surface area contributed by atoms with Crippen molar-refractivity contribution in [3.63, 3.8) is 0 Å². The standard InChI is InChI=1S/C5H11NO3.ClH/c1-3(2)4(9-6)5(7)8;/h3-4H,6H2,1-2H3,(H,7,8);1H. The lowest BCUT2D eigenvalue weighted by atomic mass is 10.1. The minimum Gasteiger partial charge on any atom is -0.479 e. The van der Waals surface area contributed by atoms with Crippen molar-refractivity contribution in [1.29, 1.82) is 0 Å². The van der Waals surface area contributed by atoms with E-state index in [1.54, 1.807) is 13.8 Å². The summed E-state index contributed by atoms with van der Waals surface area (Å²) >= 11 is 0. The number of aliphatic carboxylic acids is 1. The Bertz CT molecular complexity index is 107. The maximum Gasteiger partial charge on any atom is 0.335 e. The van der Waals surface area contributed by atoms with Crippen LogP contribution in [0.2, 0.25) is 0 Å². The second kappa shape index (κ2) is 5.46. The molecule has 0 amide bonds. The predicted molar refractivity (Wildman–Crippen MR) is 38.8 cm³/mol. The summed E-state index contributed by atoms with van der Waals surface area (Å²) in [5, 5.41) is 8.34. The van der Waals surface area contributed by atoms with Crippen molar-refractivity contribution < 1.29 is 14.7 Å². The third-order valence-corrected chi connectivity index (χ3v) is 0.996. The highest BCUT2D eigenvalue weighted by molar-refractivity contribution is 5.85. The van der Waals surface area contributed by atoms with Gasteiger partial charge < -0.3 is 5.11 Å². The van der Waals surface area contributed by atoms with Crippen LogP contribution in [0.25, 0.3) is 0 Å². The monoisotopic (exact) mass is 169 g/mol. The summed E-state index contributed by atoms with van der Waals surface area (Å²) in [5.74, 6) is 3.58. The third-order valence-electron chi connectivity index (χ3n) is 0.996. The zero-order chi connectivity index (χ0) is 7.44. The average Bonchev–Trinajstić information content (AvgIpc) is 1.64. The number of hydrogen-bond donors (Lipinski definition) is 2. The van der Waals surface area contributed by atoms with Crippen LogP contribution in [-0.2, 0) is 9.63 Å². The Kier molecular flexibility index (Phi) is 6.76. The highest BCUT2D eigenvalue weighted by Gasteiger charge is 2.20. The van der Waals surface area contributed by atoms with Crippen LogP contribution in [-0.4, -0.2) is 17.2 Å². The lowest BCUT2D eigenvalue weighted by molar-refractivity contribution is -0.153. The van der Waals surface area contributed by atoms with E-state index in [1.165, 1.54) is 0 Å². The van der Waals surface area contributed by atoms with Gasteiger partial charge in [-0.3, -0.25) is 4.84 Å². The van der Waals surface area contributed by atoms with Crippen molar-refractivity contribution in [3.05, 3.63) is 0 Å². The molecule has 0 radical (unpaired) electrons. The molecule has 0 aliphatic carbocycles. The molecule has 10 heavy (non-hydrogen) atoms. The molecule has 1 atom stereocenters. The van der Waals surface area contributed by atoms with Crippen LogP contribution in [0.3, 0.4) is 0 Å². The number of nitrogens with two attached hydrogens (primary N) is 1. The number of carbonyl (C=O) groups is 1. The Morgan fingerprint density at radius 2 is 2.00 bits per heavy atom.